The van der Waals surface area contributed by atoms with E-state index in [1.807, 2.05) is 19.1 Å². The van der Waals surface area contributed by atoms with Crippen molar-refractivity contribution >= 4 is 12.4 Å². The van der Waals surface area contributed by atoms with Gasteiger partial charge in [-0.15, -0.1) is 12.4 Å². The van der Waals surface area contributed by atoms with Gasteiger partial charge in [0.05, 0.1) is 13.7 Å². The number of hydrogen-bond donors (Lipinski definition) is 1. The van der Waals surface area contributed by atoms with Crippen molar-refractivity contribution < 1.29 is 9.47 Å². The van der Waals surface area contributed by atoms with Gasteiger partial charge in [-0.1, -0.05) is 32.3 Å². The normalized spacial score (nSPS) is 9.95. The molecule has 0 spiro atoms. The van der Waals surface area contributed by atoms with Crippen LogP contribution in [0.25, 0.3) is 0 Å². The van der Waals surface area contributed by atoms with Crippen LogP contribution in [0.5, 0.6) is 11.5 Å². The van der Waals surface area contributed by atoms with E-state index in [1.165, 1.54) is 31.2 Å². The standard InChI is InChI=1S/C16H27NO2.ClH/c1-4-6-7-8-11-17-13-14-9-10-15(19-5-2)16(12-14)18-3;/h9-10,12,17H,4-8,11,13H2,1-3H3;1H. The summed E-state index contributed by atoms with van der Waals surface area (Å²) in [4.78, 5) is 0. The third-order valence-electron chi connectivity index (χ3n) is 3.06. The first-order chi connectivity index (χ1) is 9.31. The highest BCUT2D eigenvalue weighted by Gasteiger charge is 2.04. The van der Waals surface area contributed by atoms with Crippen molar-refractivity contribution in [1.29, 1.82) is 0 Å². The fraction of sp³-hybridized carbons (Fsp3) is 0.625. The third-order valence-corrected chi connectivity index (χ3v) is 3.06. The quantitative estimate of drug-likeness (QED) is 0.657. The molecule has 0 unspecified atom stereocenters. The molecule has 1 aromatic carbocycles. The van der Waals surface area contributed by atoms with Crippen LogP contribution in [0.1, 0.15) is 45.1 Å². The molecule has 0 heterocycles. The molecule has 1 rings (SSSR count). The first-order valence-corrected chi connectivity index (χ1v) is 7.32. The largest absolute Gasteiger partial charge is 0.493 e. The van der Waals surface area contributed by atoms with Crippen LogP contribution in [0.4, 0.5) is 0 Å². The van der Waals surface area contributed by atoms with E-state index in [1.54, 1.807) is 7.11 Å². The molecule has 0 radical (unpaired) electrons. The van der Waals surface area contributed by atoms with E-state index < -0.39 is 0 Å². The number of benzene rings is 1. The molecule has 20 heavy (non-hydrogen) atoms. The summed E-state index contributed by atoms with van der Waals surface area (Å²) in [7, 11) is 1.68. The Morgan fingerprint density at radius 3 is 2.50 bits per heavy atom. The predicted octanol–water partition coefficient (Wildman–Crippen LogP) is 4.19. The SMILES string of the molecule is CCCCCCNCc1ccc(OCC)c(OC)c1.Cl. The highest BCUT2D eigenvalue weighted by Crippen LogP contribution is 2.27. The maximum Gasteiger partial charge on any atom is 0.161 e. The first-order valence-electron chi connectivity index (χ1n) is 7.32. The van der Waals surface area contributed by atoms with Crippen molar-refractivity contribution in [2.24, 2.45) is 0 Å². The molecule has 0 saturated heterocycles. The monoisotopic (exact) mass is 301 g/mol. The van der Waals surface area contributed by atoms with Crippen LogP contribution < -0.4 is 14.8 Å². The Morgan fingerprint density at radius 2 is 1.85 bits per heavy atom. The lowest BCUT2D eigenvalue weighted by molar-refractivity contribution is 0.310. The number of ether oxygens (including phenoxy) is 2. The van der Waals surface area contributed by atoms with Crippen molar-refractivity contribution in [3.05, 3.63) is 23.8 Å². The first kappa shape index (κ1) is 19.1. The highest BCUT2D eigenvalue weighted by atomic mass is 35.5. The molecule has 3 nitrogen and oxygen atoms in total. The Kier molecular flexibility index (Phi) is 11.3. The summed E-state index contributed by atoms with van der Waals surface area (Å²) in [5.41, 5.74) is 1.23. The van der Waals surface area contributed by atoms with Crippen molar-refractivity contribution in [3.8, 4) is 11.5 Å². The van der Waals surface area contributed by atoms with Gasteiger partial charge in [-0.3, -0.25) is 0 Å². The average molecular weight is 302 g/mol. The van der Waals surface area contributed by atoms with Gasteiger partial charge in [0.1, 0.15) is 0 Å². The van der Waals surface area contributed by atoms with Gasteiger partial charge in [0.2, 0.25) is 0 Å². The molecule has 0 fully saturated rings. The van der Waals surface area contributed by atoms with E-state index in [0.717, 1.165) is 24.6 Å². The zero-order valence-corrected chi connectivity index (χ0v) is 13.7. The van der Waals surface area contributed by atoms with Gasteiger partial charge in [0, 0.05) is 6.54 Å². The second kappa shape index (κ2) is 11.9. The number of nitrogens with one attached hydrogen (secondary N) is 1. The molecule has 0 atom stereocenters. The maximum atomic E-state index is 5.51. The Morgan fingerprint density at radius 1 is 1.05 bits per heavy atom. The molecule has 0 bridgehead atoms. The number of hydrogen-bond acceptors (Lipinski definition) is 3. The van der Waals surface area contributed by atoms with Crippen molar-refractivity contribution in [1.82, 2.24) is 5.32 Å². The summed E-state index contributed by atoms with van der Waals surface area (Å²) in [6.45, 7) is 6.83. The molecule has 0 saturated carbocycles. The molecule has 0 aliphatic carbocycles. The summed E-state index contributed by atoms with van der Waals surface area (Å²) in [6.07, 6.45) is 5.19. The van der Waals surface area contributed by atoms with Crippen molar-refractivity contribution in [3.63, 3.8) is 0 Å². The van der Waals surface area contributed by atoms with Crippen LogP contribution in [0.3, 0.4) is 0 Å². The molecule has 4 heteroatoms. The van der Waals surface area contributed by atoms with Gasteiger partial charge in [-0.05, 0) is 37.6 Å². The summed E-state index contributed by atoms with van der Waals surface area (Å²) in [6, 6.07) is 6.12. The van der Waals surface area contributed by atoms with Gasteiger partial charge in [0.25, 0.3) is 0 Å². The molecule has 0 amide bonds. The van der Waals surface area contributed by atoms with Crippen LogP contribution in [0, 0.1) is 0 Å². The van der Waals surface area contributed by atoms with Crippen LogP contribution in [-0.2, 0) is 6.54 Å². The number of methoxy groups -OCH3 is 1. The minimum absolute atomic E-state index is 0. The molecular weight excluding hydrogens is 274 g/mol. The molecule has 1 N–H and O–H groups in total. The number of unbranched alkanes of at least 4 members (excludes halogenated alkanes) is 3. The molecular formula is C16H28ClNO2. The summed E-state index contributed by atoms with van der Waals surface area (Å²) in [5.74, 6) is 1.63. The van der Waals surface area contributed by atoms with Crippen LogP contribution >= 0.6 is 12.4 Å². The average Bonchev–Trinajstić information content (AvgIpc) is 2.44. The summed E-state index contributed by atoms with van der Waals surface area (Å²) < 4.78 is 10.9. The molecule has 0 aliphatic rings. The lowest BCUT2D eigenvalue weighted by atomic mass is 10.2. The van der Waals surface area contributed by atoms with E-state index in [0.29, 0.717) is 6.61 Å². The fourth-order valence-corrected chi connectivity index (χ4v) is 2.01. The van der Waals surface area contributed by atoms with Gasteiger partial charge in [-0.25, -0.2) is 0 Å². The van der Waals surface area contributed by atoms with Gasteiger partial charge in [-0.2, -0.15) is 0 Å². The number of rotatable bonds is 10. The predicted molar refractivity (Wildman–Crippen MR) is 87.3 cm³/mol. The second-order valence-corrected chi connectivity index (χ2v) is 4.66. The van der Waals surface area contributed by atoms with Crippen molar-refractivity contribution in [2.45, 2.75) is 46.1 Å². The third kappa shape index (κ3) is 7.01. The lowest BCUT2D eigenvalue weighted by Gasteiger charge is -2.11. The lowest BCUT2D eigenvalue weighted by Crippen LogP contribution is -2.14. The Bertz CT molecular complexity index is 358. The van der Waals surface area contributed by atoms with Gasteiger partial charge < -0.3 is 14.8 Å². The minimum Gasteiger partial charge on any atom is -0.493 e. The number of halogens is 1. The smallest absolute Gasteiger partial charge is 0.161 e. The van der Waals surface area contributed by atoms with Gasteiger partial charge in [0.15, 0.2) is 11.5 Å². The van der Waals surface area contributed by atoms with E-state index in [-0.39, 0.29) is 12.4 Å². The Labute approximate surface area is 129 Å². The summed E-state index contributed by atoms with van der Waals surface area (Å²) in [5, 5.41) is 3.47. The molecule has 116 valence electrons. The van der Waals surface area contributed by atoms with Crippen molar-refractivity contribution in [2.75, 3.05) is 20.3 Å². The second-order valence-electron chi connectivity index (χ2n) is 4.66. The Balaban J connectivity index is 0.00000361. The highest BCUT2D eigenvalue weighted by molar-refractivity contribution is 5.85. The zero-order valence-electron chi connectivity index (χ0n) is 12.9. The van der Waals surface area contributed by atoms with Crippen LogP contribution in [0.2, 0.25) is 0 Å². The Hall–Kier alpha value is -0.930. The zero-order chi connectivity index (χ0) is 13.9. The van der Waals surface area contributed by atoms with E-state index in [4.69, 9.17) is 9.47 Å². The summed E-state index contributed by atoms with van der Waals surface area (Å²) >= 11 is 0. The van der Waals surface area contributed by atoms with Gasteiger partial charge >= 0.3 is 0 Å². The van der Waals surface area contributed by atoms with E-state index in [9.17, 15) is 0 Å². The van der Waals surface area contributed by atoms with E-state index in [2.05, 4.69) is 18.3 Å². The molecule has 1 aromatic rings. The topological polar surface area (TPSA) is 30.5 Å². The fourth-order valence-electron chi connectivity index (χ4n) is 2.01. The van der Waals surface area contributed by atoms with Crippen LogP contribution in [0.15, 0.2) is 18.2 Å². The minimum atomic E-state index is 0. The maximum absolute atomic E-state index is 5.51. The molecule has 0 aromatic heterocycles. The van der Waals surface area contributed by atoms with Crippen LogP contribution in [-0.4, -0.2) is 20.3 Å². The van der Waals surface area contributed by atoms with E-state index >= 15 is 0 Å². The molecule has 0 aliphatic heterocycles.